The molecule has 140 valence electrons. The number of halogens is 3. The highest BCUT2D eigenvalue weighted by Crippen LogP contribution is 2.38. The highest BCUT2D eigenvalue weighted by Gasteiger charge is 2.36. The monoisotopic (exact) mass is 373 g/mol. The highest BCUT2D eigenvalue weighted by molar-refractivity contribution is 6.05. The number of aromatic nitrogens is 2. The minimum absolute atomic E-state index is 0.137. The van der Waals surface area contributed by atoms with Gasteiger partial charge in [-0.1, -0.05) is 18.2 Å². The van der Waals surface area contributed by atoms with Gasteiger partial charge in [0, 0.05) is 25.5 Å². The van der Waals surface area contributed by atoms with E-state index in [-0.39, 0.29) is 11.8 Å². The van der Waals surface area contributed by atoms with Gasteiger partial charge in [0.15, 0.2) is 0 Å². The minimum atomic E-state index is -4.36. The number of piperidine rings is 1. The van der Waals surface area contributed by atoms with Crippen molar-refractivity contribution in [2.75, 3.05) is 13.1 Å². The summed E-state index contributed by atoms with van der Waals surface area (Å²) in [5.74, 6) is -0.338. The van der Waals surface area contributed by atoms with E-state index in [4.69, 9.17) is 0 Å². The van der Waals surface area contributed by atoms with Crippen molar-refractivity contribution in [2.45, 2.75) is 24.9 Å². The zero-order valence-electron chi connectivity index (χ0n) is 14.5. The molecule has 0 spiro atoms. The summed E-state index contributed by atoms with van der Waals surface area (Å²) in [6, 6.07) is 9.36. The summed E-state index contributed by atoms with van der Waals surface area (Å²) in [4.78, 5) is 21.8. The number of carbonyl (C=O) groups excluding carboxylic acids is 1. The first-order valence-electron chi connectivity index (χ1n) is 8.82. The van der Waals surface area contributed by atoms with Crippen LogP contribution in [0.25, 0.3) is 11.0 Å². The van der Waals surface area contributed by atoms with E-state index >= 15 is 0 Å². The van der Waals surface area contributed by atoms with Crippen molar-refractivity contribution in [3.8, 4) is 0 Å². The van der Waals surface area contributed by atoms with E-state index in [0.717, 1.165) is 11.6 Å². The van der Waals surface area contributed by atoms with Crippen molar-refractivity contribution in [1.82, 2.24) is 14.9 Å². The fourth-order valence-electron chi connectivity index (χ4n) is 3.79. The summed E-state index contributed by atoms with van der Waals surface area (Å²) in [7, 11) is 0. The molecule has 4 nitrogen and oxygen atoms in total. The lowest BCUT2D eigenvalue weighted by Gasteiger charge is -2.33. The first kappa shape index (κ1) is 17.6. The maximum absolute atomic E-state index is 13.3. The molecule has 1 amide bonds. The number of nitrogens with one attached hydrogen (secondary N) is 1. The molecule has 1 aliphatic heterocycles. The second-order valence-electron chi connectivity index (χ2n) is 6.75. The number of nitrogens with zero attached hydrogens (tertiary/aromatic N) is 2. The number of fused-ring (bicyclic) bond motifs is 1. The van der Waals surface area contributed by atoms with Crippen LogP contribution >= 0.6 is 0 Å². The number of hydrogen-bond acceptors (Lipinski definition) is 2. The van der Waals surface area contributed by atoms with E-state index in [9.17, 15) is 18.0 Å². The Balaban J connectivity index is 1.51. The lowest BCUT2D eigenvalue weighted by Crippen LogP contribution is -2.38. The van der Waals surface area contributed by atoms with Gasteiger partial charge >= 0.3 is 6.18 Å². The number of amides is 1. The lowest BCUT2D eigenvalue weighted by atomic mass is 9.86. The standard InChI is InChI=1S/C20H18F3N3O/c21-20(22,23)16-5-2-1-4-14(16)13-7-10-26(11-8-13)19(27)15-12-25-17-6-3-9-24-18(15)17/h1-6,9,12-13,25H,7-8,10-11H2. The fourth-order valence-corrected chi connectivity index (χ4v) is 3.79. The molecule has 7 heteroatoms. The first-order valence-corrected chi connectivity index (χ1v) is 8.82. The predicted octanol–water partition coefficient (Wildman–Crippen LogP) is 4.60. The van der Waals surface area contributed by atoms with Crippen LogP contribution < -0.4 is 0 Å². The van der Waals surface area contributed by atoms with Gasteiger partial charge in [-0.05, 0) is 42.5 Å². The van der Waals surface area contributed by atoms with E-state index in [1.807, 2.05) is 6.07 Å². The molecule has 4 rings (SSSR count). The van der Waals surface area contributed by atoms with Crippen LogP contribution in [0.15, 0.2) is 48.8 Å². The SMILES string of the molecule is O=C(c1c[nH]c2cccnc12)N1CCC(c2ccccc2C(F)(F)F)CC1. The van der Waals surface area contributed by atoms with Gasteiger partial charge in [0.05, 0.1) is 16.6 Å². The van der Waals surface area contributed by atoms with Gasteiger partial charge in [0.1, 0.15) is 5.52 Å². The van der Waals surface area contributed by atoms with Gasteiger partial charge in [-0.15, -0.1) is 0 Å². The number of H-pyrrole nitrogens is 1. The first-order chi connectivity index (χ1) is 12.9. The normalized spacial score (nSPS) is 16.0. The summed E-state index contributed by atoms with van der Waals surface area (Å²) in [5.41, 5.74) is 1.66. The van der Waals surface area contributed by atoms with E-state index in [2.05, 4.69) is 9.97 Å². The fraction of sp³-hybridized carbons (Fsp3) is 0.300. The molecule has 1 aromatic carbocycles. The zero-order valence-corrected chi connectivity index (χ0v) is 14.5. The highest BCUT2D eigenvalue weighted by atomic mass is 19.4. The molecule has 0 radical (unpaired) electrons. The van der Waals surface area contributed by atoms with Gasteiger partial charge in [0.2, 0.25) is 0 Å². The second kappa shape index (κ2) is 6.72. The summed E-state index contributed by atoms with van der Waals surface area (Å²) in [6.07, 6.45) is -0.0687. The topological polar surface area (TPSA) is 49.0 Å². The summed E-state index contributed by atoms with van der Waals surface area (Å²) in [5, 5.41) is 0. The third-order valence-corrected chi connectivity index (χ3v) is 5.15. The molecule has 0 aliphatic carbocycles. The Hall–Kier alpha value is -2.83. The van der Waals surface area contributed by atoms with Crippen LogP contribution in [-0.2, 0) is 6.18 Å². The van der Waals surface area contributed by atoms with Crippen molar-refractivity contribution in [3.63, 3.8) is 0 Å². The van der Waals surface area contributed by atoms with Crippen molar-refractivity contribution < 1.29 is 18.0 Å². The quantitative estimate of drug-likeness (QED) is 0.714. The number of carbonyl (C=O) groups is 1. The molecule has 3 heterocycles. The van der Waals surface area contributed by atoms with Crippen LogP contribution in [0, 0.1) is 0 Å². The molecule has 2 aromatic heterocycles. The average Bonchev–Trinajstić information content (AvgIpc) is 3.11. The lowest BCUT2D eigenvalue weighted by molar-refractivity contribution is -0.138. The van der Waals surface area contributed by atoms with Gasteiger partial charge in [-0.2, -0.15) is 13.2 Å². The van der Waals surface area contributed by atoms with Gasteiger partial charge in [0.25, 0.3) is 5.91 Å². The number of likely N-dealkylation sites (tertiary alicyclic amines) is 1. The van der Waals surface area contributed by atoms with Gasteiger partial charge in [-0.3, -0.25) is 9.78 Å². The largest absolute Gasteiger partial charge is 0.416 e. The van der Waals surface area contributed by atoms with Crippen LogP contribution in [0.4, 0.5) is 13.2 Å². The van der Waals surface area contributed by atoms with Crippen LogP contribution in [0.1, 0.15) is 40.2 Å². The molecule has 27 heavy (non-hydrogen) atoms. The molecule has 1 aliphatic rings. The molecular weight excluding hydrogens is 355 g/mol. The van der Waals surface area contributed by atoms with Crippen LogP contribution in [0.3, 0.4) is 0 Å². The number of pyridine rings is 1. The van der Waals surface area contributed by atoms with E-state index in [0.29, 0.717) is 42.6 Å². The van der Waals surface area contributed by atoms with E-state index < -0.39 is 11.7 Å². The van der Waals surface area contributed by atoms with Crippen molar-refractivity contribution in [2.24, 2.45) is 0 Å². The molecule has 0 atom stereocenters. The van der Waals surface area contributed by atoms with Crippen LogP contribution in [-0.4, -0.2) is 33.9 Å². The molecule has 1 saturated heterocycles. The average molecular weight is 373 g/mol. The number of rotatable bonds is 2. The Kier molecular flexibility index (Phi) is 4.37. The Bertz CT molecular complexity index is 972. The zero-order chi connectivity index (χ0) is 19.0. The Labute approximate surface area is 154 Å². The Morgan fingerprint density at radius 1 is 1.11 bits per heavy atom. The van der Waals surface area contributed by atoms with Crippen LogP contribution in [0.2, 0.25) is 0 Å². The molecule has 0 unspecified atom stereocenters. The molecular formula is C20H18F3N3O. The van der Waals surface area contributed by atoms with Crippen molar-refractivity contribution >= 4 is 16.9 Å². The molecule has 0 saturated carbocycles. The minimum Gasteiger partial charge on any atom is -0.359 e. The molecule has 1 fully saturated rings. The predicted molar refractivity (Wildman–Crippen MR) is 95.4 cm³/mol. The number of hydrogen-bond donors (Lipinski definition) is 1. The van der Waals surface area contributed by atoms with Crippen molar-refractivity contribution in [3.05, 3.63) is 65.5 Å². The maximum atomic E-state index is 13.3. The summed E-state index contributed by atoms with van der Waals surface area (Å²) < 4.78 is 39.8. The Morgan fingerprint density at radius 3 is 2.59 bits per heavy atom. The smallest absolute Gasteiger partial charge is 0.359 e. The van der Waals surface area contributed by atoms with Gasteiger partial charge in [-0.25, -0.2) is 0 Å². The summed E-state index contributed by atoms with van der Waals surface area (Å²) >= 11 is 0. The van der Waals surface area contributed by atoms with E-state index in [1.54, 1.807) is 35.5 Å². The van der Waals surface area contributed by atoms with Gasteiger partial charge < -0.3 is 9.88 Å². The van der Waals surface area contributed by atoms with Crippen molar-refractivity contribution in [1.29, 1.82) is 0 Å². The third-order valence-electron chi connectivity index (χ3n) is 5.15. The van der Waals surface area contributed by atoms with E-state index in [1.165, 1.54) is 6.07 Å². The Morgan fingerprint density at radius 2 is 1.85 bits per heavy atom. The van der Waals surface area contributed by atoms with Crippen LogP contribution in [0.5, 0.6) is 0 Å². The number of benzene rings is 1. The summed E-state index contributed by atoms with van der Waals surface area (Å²) in [6.45, 7) is 0.852. The molecule has 0 bridgehead atoms. The second-order valence-corrected chi connectivity index (χ2v) is 6.75. The molecule has 1 N–H and O–H groups in total. The number of alkyl halides is 3. The third kappa shape index (κ3) is 3.29. The number of aromatic amines is 1. The maximum Gasteiger partial charge on any atom is 0.416 e. The molecule has 3 aromatic rings.